The molecule has 0 fully saturated rings. The van der Waals surface area contributed by atoms with Gasteiger partial charge in [-0.15, -0.1) is 22.7 Å². The van der Waals surface area contributed by atoms with Crippen LogP contribution in [0.25, 0.3) is 21.1 Å². The van der Waals surface area contributed by atoms with Crippen LogP contribution in [-0.2, 0) is 41.9 Å². The van der Waals surface area contributed by atoms with Crippen molar-refractivity contribution in [2.24, 2.45) is 11.8 Å². The number of nitrogens with one attached hydrogen (secondary N) is 4. The van der Waals surface area contributed by atoms with Crippen LogP contribution in [0.5, 0.6) is 0 Å². The molecule has 6 unspecified atom stereocenters. The van der Waals surface area contributed by atoms with Gasteiger partial charge in [0, 0.05) is 48.4 Å². The zero-order valence-electron chi connectivity index (χ0n) is 31.0. The number of carbonyl (C=O) groups excluding carboxylic acids is 4. The maximum absolute atomic E-state index is 13.9. The van der Waals surface area contributed by atoms with E-state index in [0.29, 0.717) is 11.1 Å². The van der Waals surface area contributed by atoms with Gasteiger partial charge in [-0.2, -0.15) is 0 Å². The third-order valence-electron chi connectivity index (χ3n) is 8.60. The van der Waals surface area contributed by atoms with Gasteiger partial charge in [0.2, 0.25) is 11.8 Å². The summed E-state index contributed by atoms with van der Waals surface area (Å²) >= 11 is 2.96. The van der Waals surface area contributed by atoms with Crippen molar-refractivity contribution < 1.29 is 38.9 Å². The molecule has 6 N–H and O–H groups in total. The van der Waals surface area contributed by atoms with Crippen molar-refractivity contribution in [2.75, 3.05) is 14.1 Å². The second kappa shape index (κ2) is 20.2. The molecular weight excluding hydrogens is 733 g/mol. The van der Waals surface area contributed by atoms with E-state index in [1.807, 2.05) is 35.0 Å². The maximum Gasteiger partial charge on any atom is 0.252 e. The van der Waals surface area contributed by atoms with Crippen molar-refractivity contribution in [3.8, 4) is 21.1 Å². The summed E-state index contributed by atoms with van der Waals surface area (Å²) in [7, 11) is 2.87. The Hall–Kier alpha value is -4.58. The van der Waals surface area contributed by atoms with Gasteiger partial charge in [0.15, 0.2) is 12.2 Å². The van der Waals surface area contributed by atoms with Crippen LogP contribution in [0.2, 0.25) is 0 Å². The molecule has 54 heavy (non-hydrogen) atoms. The number of thiazole rings is 2. The molecular formula is C38H48N6O8S2. The van der Waals surface area contributed by atoms with E-state index in [0.717, 1.165) is 21.1 Å². The van der Waals surface area contributed by atoms with E-state index >= 15 is 0 Å². The summed E-state index contributed by atoms with van der Waals surface area (Å²) in [6.07, 6.45) is -4.24. The van der Waals surface area contributed by atoms with E-state index in [9.17, 15) is 29.4 Å². The number of hydrogen-bond acceptors (Lipinski definition) is 12. The molecule has 4 amide bonds. The smallest absolute Gasteiger partial charge is 0.252 e. The first-order chi connectivity index (χ1) is 25.8. The van der Waals surface area contributed by atoms with E-state index in [1.54, 1.807) is 64.4 Å². The van der Waals surface area contributed by atoms with Crippen LogP contribution in [0.4, 0.5) is 0 Å². The van der Waals surface area contributed by atoms with Crippen molar-refractivity contribution in [3.63, 3.8) is 0 Å². The number of ether oxygens (including phenoxy) is 2. The van der Waals surface area contributed by atoms with Crippen molar-refractivity contribution in [1.82, 2.24) is 31.2 Å². The van der Waals surface area contributed by atoms with Gasteiger partial charge < -0.3 is 41.0 Å². The first kappa shape index (κ1) is 42.2. The fourth-order valence-electron chi connectivity index (χ4n) is 5.46. The molecule has 6 atom stereocenters. The molecule has 2 heterocycles. The third kappa shape index (κ3) is 11.2. The van der Waals surface area contributed by atoms with Crippen LogP contribution in [0.15, 0.2) is 71.7 Å². The summed E-state index contributed by atoms with van der Waals surface area (Å²) in [5.41, 5.74) is 3.03. The Morgan fingerprint density at radius 1 is 0.611 bits per heavy atom. The highest BCUT2D eigenvalue weighted by Crippen LogP contribution is 2.24. The maximum atomic E-state index is 13.9. The molecule has 4 rings (SSSR count). The summed E-state index contributed by atoms with van der Waals surface area (Å²) in [5, 5.41) is 39.1. The van der Waals surface area contributed by atoms with Crippen LogP contribution >= 0.6 is 22.7 Å². The quantitative estimate of drug-likeness (QED) is 0.0822. The van der Waals surface area contributed by atoms with Crippen LogP contribution < -0.4 is 21.3 Å². The molecule has 2 aromatic carbocycles. The number of carbonyl (C=O) groups is 4. The zero-order valence-corrected chi connectivity index (χ0v) is 32.6. The van der Waals surface area contributed by atoms with Gasteiger partial charge in [-0.1, -0.05) is 76.2 Å². The Kier molecular flexibility index (Phi) is 15.8. The van der Waals surface area contributed by atoms with Crippen LogP contribution in [0, 0.1) is 11.8 Å². The number of aliphatic hydroxyl groups is 2. The summed E-state index contributed by atoms with van der Waals surface area (Å²) in [6.45, 7) is 6.59. The molecule has 0 saturated heterocycles. The van der Waals surface area contributed by atoms with Gasteiger partial charge in [-0.3, -0.25) is 19.2 Å². The summed E-state index contributed by atoms with van der Waals surface area (Å²) < 4.78 is 12.0. The first-order valence-corrected chi connectivity index (χ1v) is 19.2. The molecule has 16 heteroatoms. The van der Waals surface area contributed by atoms with E-state index in [-0.39, 0.29) is 25.0 Å². The first-order valence-electron chi connectivity index (χ1n) is 17.4. The predicted octanol–water partition coefficient (Wildman–Crippen LogP) is 2.90. The Bertz CT molecular complexity index is 1660. The van der Waals surface area contributed by atoms with Crippen molar-refractivity contribution in [2.45, 2.75) is 77.4 Å². The van der Waals surface area contributed by atoms with E-state index < -0.39 is 60.1 Å². The fraction of sp³-hybridized carbons (Fsp3) is 0.421. The van der Waals surface area contributed by atoms with E-state index in [1.165, 1.54) is 36.8 Å². The highest BCUT2D eigenvalue weighted by atomic mass is 32.1. The number of amides is 4. The predicted molar refractivity (Wildman–Crippen MR) is 206 cm³/mol. The van der Waals surface area contributed by atoms with Crippen LogP contribution in [0.1, 0.15) is 38.8 Å². The van der Waals surface area contributed by atoms with Gasteiger partial charge in [0.25, 0.3) is 11.8 Å². The van der Waals surface area contributed by atoms with Gasteiger partial charge in [-0.05, 0) is 23.0 Å². The standard InChI is InChI=1S/C38H48N6O8S2/c1-21(2)27(33(47)39-5)43-35(49)31(51-19-23-7-11-25(12-8-23)37-41-15-17-53-37)29(45)30(46)32(36(50)44-28(22(3)4)34(48)40-6)52-20-24-9-13-26(14-10-24)38-42-16-18-54-38/h7-18,21-22,27-32,45-46H,19-20H2,1-6H3,(H,39,47)(H,40,48)(H,43,49)(H,44,50). The van der Waals surface area contributed by atoms with Gasteiger partial charge >= 0.3 is 0 Å². The second-order valence-electron chi connectivity index (χ2n) is 13.2. The average Bonchev–Trinajstić information content (AvgIpc) is 3.92. The summed E-state index contributed by atoms with van der Waals surface area (Å²) in [5.74, 6) is -3.44. The SMILES string of the molecule is CNC(=O)C(NC(=O)C(OCc1ccc(-c2nccs2)cc1)C(O)C(O)C(OCc1ccc(-c2nccs2)cc1)C(=O)NC(C(=O)NC)C(C)C)C(C)C. The highest BCUT2D eigenvalue weighted by Gasteiger charge is 2.42. The molecule has 0 saturated carbocycles. The largest absolute Gasteiger partial charge is 0.387 e. The van der Waals surface area contributed by atoms with Gasteiger partial charge in [0.05, 0.1) is 13.2 Å². The van der Waals surface area contributed by atoms with Crippen molar-refractivity contribution in [1.29, 1.82) is 0 Å². The number of hydrogen-bond donors (Lipinski definition) is 6. The summed E-state index contributed by atoms with van der Waals surface area (Å²) in [6, 6.07) is 12.5. The second-order valence-corrected chi connectivity index (χ2v) is 15.0. The lowest BCUT2D eigenvalue weighted by atomic mass is 9.98. The van der Waals surface area contributed by atoms with Gasteiger partial charge in [-0.25, -0.2) is 9.97 Å². The number of likely N-dealkylation sites (N-methyl/N-ethyl adjacent to an activating group) is 2. The molecule has 4 aromatic rings. The number of rotatable bonds is 19. The number of nitrogens with zero attached hydrogens (tertiary/aromatic N) is 2. The minimum atomic E-state index is -2.04. The molecule has 0 bridgehead atoms. The number of aliphatic hydroxyl groups excluding tert-OH is 2. The van der Waals surface area contributed by atoms with E-state index in [2.05, 4.69) is 31.2 Å². The van der Waals surface area contributed by atoms with Crippen LogP contribution in [-0.4, -0.2) is 94.4 Å². The lowest BCUT2D eigenvalue weighted by molar-refractivity contribution is -0.171. The molecule has 0 spiro atoms. The molecule has 290 valence electrons. The molecule has 0 aliphatic rings. The molecule has 0 aliphatic carbocycles. The Morgan fingerprint density at radius 3 is 1.24 bits per heavy atom. The molecule has 14 nitrogen and oxygen atoms in total. The minimum Gasteiger partial charge on any atom is -0.387 e. The number of aromatic nitrogens is 2. The molecule has 0 aliphatic heterocycles. The number of benzene rings is 2. The monoisotopic (exact) mass is 780 g/mol. The Labute approximate surface area is 322 Å². The molecule has 2 aromatic heterocycles. The lowest BCUT2D eigenvalue weighted by Crippen LogP contribution is -2.60. The van der Waals surface area contributed by atoms with Crippen molar-refractivity contribution >= 4 is 46.3 Å². The highest BCUT2D eigenvalue weighted by molar-refractivity contribution is 7.13. The van der Waals surface area contributed by atoms with Gasteiger partial charge in [0.1, 0.15) is 34.3 Å². The fourth-order valence-corrected chi connectivity index (χ4v) is 6.75. The normalized spacial score (nSPS) is 14.8. The average molecular weight is 781 g/mol. The Balaban J connectivity index is 1.62. The zero-order chi connectivity index (χ0) is 39.4. The Morgan fingerprint density at radius 2 is 0.963 bits per heavy atom. The lowest BCUT2D eigenvalue weighted by Gasteiger charge is -2.32. The molecule has 0 radical (unpaired) electrons. The summed E-state index contributed by atoms with van der Waals surface area (Å²) in [4.78, 5) is 61.7. The van der Waals surface area contributed by atoms with E-state index in [4.69, 9.17) is 9.47 Å². The minimum absolute atomic E-state index is 0.179. The third-order valence-corrected chi connectivity index (χ3v) is 10.2. The topological polar surface area (TPSA) is 201 Å². The van der Waals surface area contributed by atoms with Crippen LogP contribution in [0.3, 0.4) is 0 Å². The van der Waals surface area contributed by atoms with Crippen molar-refractivity contribution in [3.05, 3.63) is 82.8 Å².